The third-order valence-corrected chi connectivity index (χ3v) is 3.40. The van der Waals surface area contributed by atoms with Crippen molar-refractivity contribution < 1.29 is 14.4 Å². The summed E-state index contributed by atoms with van der Waals surface area (Å²) in [6.07, 6.45) is 2.08. The third kappa shape index (κ3) is 4.33. The van der Waals surface area contributed by atoms with E-state index in [0.29, 0.717) is 30.5 Å². The minimum atomic E-state index is -0.114. The number of nitrogens with zero attached hydrogens (tertiary/aromatic N) is 2. The SMILES string of the molecule is Cc1cc(NC(=O)CCN(C)CC2CC(O)C2)no1. The van der Waals surface area contributed by atoms with Gasteiger partial charge in [-0.3, -0.25) is 4.79 Å². The number of nitrogens with one attached hydrogen (secondary N) is 1. The van der Waals surface area contributed by atoms with Crippen molar-refractivity contribution in [2.75, 3.05) is 25.5 Å². The molecule has 6 nitrogen and oxygen atoms in total. The van der Waals surface area contributed by atoms with Crippen LogP contribution in [0, 0.1) is 12.8 Å². The van der Waals surface area contributed by atoms with E-state index in [1.54, 1.807) is 13.0 Å². The van der Waals surface area contributed by atoms with Crippen LogP contribution in [0.1, 0.15) is 25.0 Å². The van der Waals surface area contributed by atoms with Gasteiger partial charge in [-0.05, 0) is 32.7 Å². The standard InChI is InChI=1S/C13H21N3O3/c1-9-5-12(15-19-9)14-13(18)3-4-16(2)8-10-6-11(17)7-10/h5,10-11,17H,3-4,6-8H2,1-2H3,(H,14,15,18). The quantitative estimate of drug-likeness (QED) is 0.804. The van der Waals surface area contributed by atoms with E-state index in [4.69, 9.17) is 4.52 Å². The van der Waals surface area contributed by atoms with Gasteiger partial charge in [-0.1, -0.05) is 5.16 Å². The molecule has 1 aliphatic carbocycles. The molecule has 0 spiro atoms. The number of carbonyl (C=O) groups is 1. The van der Waals surface area contributed by atoms with Crippen LogP contribution < -0.4 is 5.32 Å². The van der Waals surface area contributed by atoms with E-state index in [1.165, 1.54) is 0 Å². The fourth-order valence-electron chi connectivity index (χ4n) is 2.30. The summed E-state index contributed by atoms with van der Waals surface area (Å²) < 4.78 is 4.88. The predicted molar refractivity (Wildman–Crippen MR) is 70.7 cm³/mol. The molecule has 106 valence electrons. The maximum Gasteiger partial charge on any atom is 0.226 e. The largest absolute Gasteiger partial charge is 0.393 e. The monoisotopic (exact) mass is 267 g/mol. The number of amides is 1. The van der Waals surface area contributed by atoms with Gasteiger partial charge in [0.15, 0.2) is 5.82 Å². The molecular weight excluding hydrogens is 246 g/mol. The molecule has 0 bridgehead atoms. The Bertz CT molecular complexity index is 427. The van der Waals surface area contributed by atoms with Crippen molar-refractivity contribution in [3.63, 3.8) is 0 Å². The Morgan fingerprint density at radius 3 is 2.95 bits per heavy atom. The summed E-state index contributed by atoms with van der Waals surface area (Å²) in [5, 5.41) is 15.6. The second-order valence-corrected chi connectivity index (χ2v) is 5.37. The highest BCUT2D eigenvalue weighted by molar-refractivity contribution is 5.89. The molecule has 1 fully saturated rings. The molecule has 2 rings (SSSR count). The number of anilines is 1. The van der Waals surface area contributed by atoms with Gasteiger partial charge >= 0.3 is 0 Å². The number of aliphatic hydroxyl groups excluding tert-OH is 1. The Morgan fingerprint density at radius 1 is 1.63 bits per heavy atom. The molecule has 0 saturated heterocycles. The lowest BCUT2D eigenvalue weighted by molar-refractivity contribution is -0.116. The normalized spacial score (nSPS) is 22.3. The van der Waals surface area contributed by atoms with E-state index in [0.717, 1.165) is 19.4 Å². The Kier molecular flexibility index (Phi) is 4.55. The molecule has 0 unspecified atom stereocenters. The molecule has 1 aromatic heterocycles. The Morgan fingerprint density at radius 2 is 2.37 bits per heavy atom. The number of aryl methyl sites for hydroxylation is 1. The van der Waals surface area contributed by atoms with E-state index in [9.17, 15) is 9.90 Å². The van der Waals surface area contributed by atoms with Crippen LogP contribution in [0.15, 0.2) is 10.6 Å². The molecular formula is C13H21N3O3. The zero-order valence-electron chi connectivity index (χ0n) is 11.4. The second kappa shape index (κ2) is 6.16. The fraction of sp³-hybridized carbons (Fsp3) is 0.692. The molecule has 1 aromatic rings. The first-order valence-electron chi connectivity index (χ1n) is 6.62. The summed E-state index contributed by atoms with van der Waals surface area (Å²) >= 11 is 0. The average molecular weight is 267 g/mol. The van der Waals surface area contributed by atoms with Gasteiger partial charge in [-0.2, -0.15) is 0 Å². The molecule has 19 heavy (non-hydrogen) atoms. The number of carbonyl (C=O) groups excluding carboxylic acids is 1. The zero-order chi connectivity index (χ0) is 13.8. The molecule has 0 atom stereocenters. The number of rotatable bonds is 6. The zero-order valence-corrected chi connectivity index (χ0v) is 11.4. The Hall–Kier alpha value is -1.40. The Labute approximate surface area is 112 Å². The first-order valence-corrected chi connectivity index (χ1v) is 6.62. The van der Waals surface area contributed by atoms with Crippen molar-refractivity contribution in [1.82, 2.24) is 10.1 Å². The molecule has 1 aliphatic rings. The summed E-state index contributed by atoms with van der Waals surface area (Å²) in [6, 6.07) is 1.69. The maximum atomic E-state index is 11.7. The topological polar surface area (TPSA) is 78.6 Å². The van der Waals surface area contributed by atoms with Crippen molar-refractivity contribution in [1.29, 1.82) is 0 Å². The lowest BCUT2D eigenvalue weighted by Crippen LogP contribution is -2.38. The van der Waals surface area contributed by atoms with Crippen molar-refractivity contribution in [2.45, 2.75) is 32.3 Å². The first-order chi connectivity index (χ1) is 9.02. The van der Waals surface area contributed by atoms with Crippen LogP contribution in [0.2, 0.25) is 0 Å². The van der Waals surface area contributed by atoms with Crippen molar-refractivity contribution in [2.24, 2.45) is 5.92 Å². The highest BCUT2D eigenvalue weighted by Gasteiger charge is 2.27. The molecule has 0 aromatic carbocycles. The summed E-state index contributed by atoms with van der Waals surface area (Å²) in [5.74, 6) is 1.65. The minimum absolute atomic E-state index is 0.0613. The maximum absolute atomic E-state index is 11.7. The van der Waals surface area contributed by atoms with Crippen LogP contribution in [-0.4, -0.2) is 47.3 Å². The van der Waals surface area contributed by atoms with Gasteiger partial charge in [0.05, 0.1) is 6.10 Å². The van der Waals surface area contributed by atoms with Crippen molar-refractivity contribution in [3.05, 3.63) is 11.8 Å². The summed E-state index contributed by atoms with van der Waals surface area (Å²) in [6.45, 7) is 3.42. The molecule has 6 heteroatoms. The lowest BCUT2D eigenvalue weighted by atomic mass is 9.82. The molecule has 1 saturated carbocycles. The summed E-state index contributed by atoms with van der Waals surface area (Å²) in [5.41, 5.74) is 0. The lowest BCUT2D eigenvalue weighted by Gasteiger charge is -2.34. The molecule has 2 N–H and O–H groups in total. The van der Waals surface area contributed by atoms with Crippen LogP contribution in [0.3, 0.4) is 0 Å². The van der Waals surface area contributed by atoms with Crippen LogP contribution in [0.5, 0.6) is 0 Å². The molecule has 0 aliphatic heterocycles. The minimum Gasteiger partial charge on any atom is -0.393 e. The molecule has 1 heterocycles. The van der Waals surface area contributed by atoms with Gasteiger partial charge in [0.1, 0.15) is 5.76 Å². The van der Waals surface area contributed by atoms with E-state index in [2.05, 4.69) is 15.4 Å². The number of hydrogen-bond donors (Lipinski definition) is 2. The number of aromatic nitrogens is 1. The van der Waals surface area contributed by atoms with Gasteiger partial charge < -0.3 is 19.8 Å². The van der Waals surface area contributed by atoms with Gasteiger partial charge in [-0.15, -0.1) is 0 Å². The highest BCUT2D eigenvalue weighted by atomic mass is 16.5. The van der Waals surface area contributed by atoms with Gasteiger partial charge in [0.25, 0.3) is 0 Å². The van der Waals surface area contributed by atoms with E-state index < -0.39 is 0 Å². The average Bonchev–Trinajstić information content (AvgIpc) is 2.70. The molecule has 0 radical (unpaired) electrons. The second-order valence-electron chi connectivity index (χ2n) is 5.37. The number of hydrogen-bond acceptors (Lipinski definition) is 5. The van der Waals surface area contributed by atoms with Crippen molar-refractivity contribution >= 4 is 11.7 Å². The number of aliphatic hydroxyl groups is 1. The van der Waals surface area contributed by atoms with Gasteiger partial charge in [-0.25, -0.2) is 0 Å². The summed E-state index contributed by atoms with van der Waals surface area (Å²) in [7, 11) is 2.00. The highest BCUT2D eigenvalue weighted by Crippen LogP contribution is 2.27. The van der Waals surface area contributed by atoms with E-state index in [-0.39, 0.29) is 12.0 Å². The smallest absolute Gasteiger partial charge is 0.226 e. The van der Waals surface area contributed by atoms with Gasteiger partial charge in [0.2, 0.25) is 5.91 Å². The van der Waals surface area contributed by atoms with Crippen LogP contribution in [0.4, 0.5) is 5.82 Å². The summed E-state index contributed by atoms with van der Waals surface area (Å²) in [4.78, 5) is 13.8. The van der Waals surface area contributed by atoms with Gasteiger partial charge in [0, 0.05) is 25.6 Å². The Balaban J connectivity index is 1.63. The van der Waals surface area contributed by atoms with Crippen LogP contribution in [0.25, 0.3) is 0 Å². The van der Waals surface area contributed by atoms with Crippen LogP contribution in [-0.2, 0) is 4.79 Å². The fourth-order valence-corrected chi connectivity index (χ4v) is 2.30. The molecule has 1 amide bonds. The van der Waals surface area contributed by atoms with Crippen LogP contribution >= 0.6 is 0 Å². The van der Waals surface area contributed by atoms with E-state index in [1.807, 2.05) is 7.05 Å². The third-order valence-electron chi connectivity index (χ3n) is 3.40. The van der Waals surface area contributed by atoms with Crippen molar-refractivity contribution in [3.8, 4) is 0 Å². The predicted octanol–water partition coefficient (Wildman–Crippen LogP) is 1.01. The van der Waals surface area contributed by atoms with E-state index >= 15 is 0 Å². The first kappa shape index (κ1) is 14.0.